The predicted molar refractivity (Wildman–Crippen MR) is 104 cm³/mol. The summed E-state index contributed by atoms with van der Waals surface area (Å²) in [6.07, 6.45) is 0.675. The van der Waals surface area contributed by atoms with Gasteiger partial charge in [0.05, 0.1) is 21.3 Å². The molecule has 0 fully saturated rings. The van der Waals surface area contributed by atoms with Crippen LogP contribution in [0.1, 0.15) is 37.3 Å². The summed E-state index contributed by atoms with van der Waals surface area (Å²) < 4.78 is 31.7. The maximum atomic E-state index is 12.7. The Bertz CT molecular complexity index is 901. The number of hydrogen-bond acceptors (Lipinski definition) is 5. The van der Waals surface area contributed by atoms with Gasteiger partial charge in [0.1, 0.15) is 5.76 Å². The average molecular weight is 414 g/mol. The van der Waals surface area contributed by atoms with Crippen LogP contribution in [0.4, 0.5) is 5.69 Å². The van der Waals surface area contributed by atoms with E-state index in [9.17, 15) is 13.2 Å². The molecule has 0 unspecified atom stereocenters. The number of nitrogens with zero attached hydrogens (tertiary/aromatic N) is 2. The number of rotatable bonds is 8. The first-order chi connectivity index (χ1) is 12.7. The Hall–Kier alpha value is -1.90. The molecule has 7 nitrogen and oxygen atoms in total. The Morgan fingerprint density at radius 2 is 1.93 bits per heavy atom. The second-order valence-corrected chi connectivity index (χ2v) is 8.43. The predicted octanol–water partition coefficient (Wildman–Crippen LogP) is 3.55. The third-order valence-corrected chi connectivity index (χ3v) is 6.71. The minimum absolute atomic E-state index is 0.0941. The largest absolute Gasteiger partial charge is 0.361 e. The van der Waals surface area contributed by atoms with Crippen LogP contribution < -0.4 is 5.32 Å². The van der Waals surface area contributed by atoms with Gasteiger partial charge in [0.2, 0.25) is 15.9 Å². The molecule has 1 aromatic carbocycles. The summed E-state index contributed by atoms with van der Waals surface area (Å²) in [7, 11) is -3.63. The van der Waals surface area contributed by atoms with Crippen molar-refractivity contribution < 1.29 is 17.7 Å². The molecule has 0 saturated heterocycles. The number of anilines is 1. The lowest BCUT2D eigenvalue weighted by Crippen LogP contribution is -2.30. The lowest BCUT2D eigenvalue weighted by atomic mass is 10.1. The number of amides is 1. The first-order valence-electron chi connectivity index (χ1n) is 8.72. The highest BCUT2D eigenvalue weighted by Gasteiger charge is 2.23. The highest BCUT2D eigenvalue weighted by Crippen LogP contribution is 2.27. The van der Waals surface area contributed by atoms with Gasteiger partial charge in [0.25, 0.3) is 0 Å². The standard InChI is InChI=1S/C18H24ClN3O4S/c1-5-22(6-2)27(24,25)14-7-9-16(19)17(11-14)20-18(23)10-8-15-12(3)21-26-13(15)4/h7,9,11H,5-6,8,10H2,1-4H3,(H,20,23). The molecule has 2 aromatic rings. The second-order valence-electron chi connectivity index (χ2n) is 6.08. The summed E-state index contributed by atoms with van der Waals surface area (Å²) in [4.78, 5) is 12.4. The van der Waals surface area contributed by atoms with Crippen LogP contribution in [0.5, 0.6) is 0 Å². The number of nitrogens with one attached hydrogen (secondary N) is 1. The maximum absolute atomic E-state index is 12.7. The summed E-state index contributed by atoms with van der Waals surface area (Å²) >= 11 is 6.14. The smallest absolute Gasteiger partial charge is 0.243 e. The minimum Gasteiger partial charge on any atom is -0.361 e. The molecule has 0 bridgehead atoms. The molecular formula is C18H24ClN3O4S. The normalized spacial score (nSPS) is 11.8. The zero-order valence-electron chi connectivity index (χ0n) is 15.9. The number of sulfonamides is 1. The van der Waals surface area contributed by atoms with Crippen LogP contribution in [-0.2, 0) is 21.2 Å². The van der Waals surface area contributed by atoms with Crippen molar-refractivity contribution in [1.82, 2.24) is 9.46 Å². The summed E-state index contributed by atoms with van der Waals surface area (Å²) in [6, 6.07) is 4.31. The van der Waals surface area contributed by atoms with Gasteiger partial charge in [-0.05, 0) is 38.5 Å². The van der Waals surface area contributed by atoms with E-state index in [1.54, 1.807) is 20.8 Å². The molecule has 0 atom stereocenters. The summed E-state index contributed by atoms with van der Waals surface area (Å²) in [6.45, 7) is 7.89. The van der Waals surface area contributed by atoms with Crippen molar-refractivity contribution in [2.24, 2.45) is 0 Å². The zero-order valence-corrected chi connectivity index (χ0v) is 17.4. The van der Waals surface area contributed by atoms with E-state index >= 15 is 0 Å². The van der Waals surface area contributed by atoms with Crippen LogP contribution in [0.3, 0.4) is 0 Å². The van der Waals surface area contributed by atoms with Crippen molar-refractivity contribution in [2.75, 3.05) is 18.4 Å². The van der Waals surface area contributed by atoms with E-state index in [0.29, 0.717) is 25.3 Å². The molecule has 0 spiro atoms. The number of halogens is 1. The van der Waals surface area contributed by atoms with Crippen molar-refractivity contribution in [2.45, 2.75) is 45.4 Å². The van der Waals surface area contributed by atoms with Crippen molar-refractivity contribution >= 4 is 33.2 Å². The number of benzene rings is 1. The van der Waals surface area contributed by atoms with Crippen molar-refractivity contribution in [3.05, 3.63) is 40.2 Å². The summed E-state index contributed by atoms with van der Waals surface area (Å²) in [5.41, 5.74) is 1.92. The molecule has 0 radical (unpaired) electrons. The minimum atomic E-state index is -3.63. The third-order valence-electron chi connectivity index (χ3n) is 4.34. The van der Waals surface area contributed by atoms with Crippen LogP contribution in [0.15, 0.2) is 27.6 Å². The lowest BCUT2D eigenvalue weighted by Gasteiger charge is -2.19. The lowest BCUT2D eigenvalue weighted by molar-refractivity contribution is -0.116. The maximum Gasteiger partial charge on any atom is 0.243 e. The third kappa shape index (κ3) is 4.88. The summed E-state index contributed by atoms with van der Waals surface area (Å²) in [5, 5.41) is 6.84. The van der Waals surface area contributed by atoms with Gasteiger partial charge in [0.15, 0.2) is 0 Å². The number of carbonyl (C=O) groups excluding carboxylic acids is 1. The number of aryl methyl sites for hydroxylation is 2. The van der Waals surface area contributed by atoms with Crippen LogP contribution in [-0.4, -0.2) is 36.9 Å². The number of hydrogen-bond donors (Lipinski definition) is 1. The van der Waals surface area contributed by atoms with E-state index in [0.717, 1.165) is 11.3 Å². The van der Waals surface area contributed by atoms with Gasteiger partial charge in [-0.25, -0.2) is 8.42 Å². The molecule has 1 aromatic heterocycles. The molecule has 0 aliphatic rings. The fourth-order valence-electron chi connectivity index (χ4n) is 2.78. The van der Waals surface area contributed by atoms with Crippen molar-refractivity contribution in [3.63, 3.8) is 0 Å². The van der Waals surface area contributed by atoms with Crippen molar-refractivity contribution in [1.29, 1.82) is 0 Å². The van der Waals surface area contributed by atoms with E-state index in [2.05, 4.69) is 10.5 Å². The number of carbonyl (C=O) groups is 1. The Balaban J connectivity index is 2.15. The van der Waals surface area contributed by atoms with Crippen LogP contribution in [0.25, 0.3) is 0 Å². The first-order valence-corrected chi connectivity index (χ1v) is 10.5. The van der Waals surface area contributed by atoms with E-state index in [1.165, 1.54) is 22.5 Å². The van der Waals surface area contributed by atoms with E-state index < -0.39 is 10.0 Å². The van der Waals surface area contributed by atoms with Gasteiger partial charge in [-0.1, -0.05) is 30.6 Å². The highest BCUT2D eigenvalue weighted by molar-refractivity contribution is 7.89. The fraction of sp³-hybridized carbons (Fsp3) is 0.444. The summed E-state index contributed by atoms with van der Waals surface area (Å²) in [5.74, 6) is 0.417. The first kappa shape index (κ1) is 21.4. The SMILES string of the molecule is CCN(CC)S(=O)(=O)c1ccc(Cl)c(NC(=O)CCc2c(C)noc2C)c1. The van der Waals surface area contributed by atoms with E-state index in [4.69, 9.17) is 16.1 Å². The Morgan fingerprint density at radius 3 is 2.48 bits per heavy atom. The molecule has 1 N–H and O–H groups in total. The molecule has 0 saturated carbocycles. The molecule has 1 heterocycles. The van der Waals surface area contributed by atoms with Gasteiger partial charge in [-0.2, -0.15) is 4.31 Å². The van der Waals surface area contributed by atoms with Gasteiger partial charge in [0, 0.05) is 25.1 Å². The van der Waals surface area contributed by atoms with Crippen LogP contribution >= 0.6 is 11.6 Å². The van der Waals surface area contributed by atoms with Gasteiger partial charge in [-0.15, -0.1) is 0 Å². The molecule has 148 valence electrons. The van der Waals surface area contributed by atoms with Gasteiger partial charge < -0.3 is 9.84 Å². The molecule has 0 aliphatic heterocycles. The molecular weight excluding hydrogens is 390 g/mol. The Labute approximate surface area is 164 Å². The highest BCUT2D eigenvalue weighted by atomic mass is 35.5. The Kier molecular flexibility index (Phi) is 7.02. The second kappa shape index (κ2) is 8.86. The monoisotopic (exact) mass is 413 g/mol. The van der Waals surface area contributed by atoms with E-state index in [1.807, 2.05) is 6.92 Å². The topological polar surface area (TPSA) is 92.5 Å². The number of aromatic nitrogens is 1. The molecule has 9 heteroatoms. The Morgan fingerprint density at radius 1 is 1.26 bits per heavy atom. The molecule has 1 amide bonds. The van der Waals surface area contributed by atoms with Crippen LogP contribution in [0.2, 0.25) is 5.02 Å². The molecule has 2 rings (SSSR count). The van der Waals surface area contributed by atoms with Crippen molar-refractivity contribution in [3.8, 4) is 0 Å². The van der Waals surface area contributed by atoms with E-state index in [-0.39, 0.29) is 27.9 Å². The average Bonchev–Trinajstić information content (AvgIpc) is 2.93. The van der Waals surface area contributed by atoms with Gasteiger partial charge >= 0.3 is 0 Å². The fourth-order valence-corrected chi connectivity index (χ4v) is 4.43. The molecule has 0 aliphatic carbocycles. The van der Waals surface area contributed by atoms with Gasteiger partial charge in [-0.3, -0.25) is 4.79 Å². The zero-order chi connectivity index (χ0) is 20.2. The molecule has 27 heavy (non-hydrogen) atoms. The van der Waals surface area contributed by atoms with Crippen LogP contribution in [0, 0.1) is 13.8 Å². The quantitative estimate of drug-likeness (QED) is 0.714.